The molecule has 8 heteroatoms. The number of nitrogens with one attached hydrogen (secondary N) is 2. The number of rotatable bonds is 7. The molecule has 0 atom stereocenters. The SMILES string of the molecule is COC(=O)c1cc(CNC(=O)c2csc(C)n2)cc(NC(=O)Cc2ccccc2)c1. The fourth-order valence-corrected chi connectivity index (χ4v) is 3.42. The third-order valence-corrected chi connectivity index (χ3v) is 4.98. The minimum Gasteiger partial charge on any atom is -0.465 e. The first kappa shape index (κ1) is 21.2. The van der Waals surface area contributed by atoms with Gasteiger partial charge in [-0.25, -0.2) is 9.78 Å². The van der Waals surface area contributed by atoms with E-state index in [2.05, 4.69) is 15.6 Å². The van der Waals surface area contributed by atoms with Crippen molar-refractivity contribution < 1.29 is 19.1 Å². The molecule has 3 rings (SSSR count). The Morgan fingerprint density at radius 2 is 1.83 bits per heavy atom. The van der Waals surface area contributed by atoms with Gasteiger partial charge in [-0.1, -0.05) is 30.3 Å². The lowest BCUT2D eigenvalue weighted by Crippen LogP contribution is -2.23. The zero-order valence-corrected chi connectivity index (χ0v) is 17.4. The molecule has 2 amide bonds. The first-order valence-electron chi connectivity index (χ1n) is 9.21. The van der Waals surface area contributed by atoms with Crippen molar-refractivity contribution in [2.24, 2.45) is 0 Å². The highest BCUT2D eigenvalue weighted by molar-refractivity contribution is 7.09. The van der Waals surface area contributed by atoms with Crippen LogP contribution in [0.2, 0.25) is 0 Å². The normalized spacial score (nSPS) is 10.3. The lowest BCUT2D eigenvalue weighted by Gasteiger charge is -2.11. The second-order valence-corrected chi connectivity index (χ2v) is 7.62. The maximum Gasteiger partial charge on any atom is 0.337 e. The number of thiazole rings is 1. The number of aryl methyl sites for hydroxylation is 1. The lowest BCUT2D eigenvalue weighted by molar-refractivity contribution is -0.115. The van der Waals surface area contributed by atoms with E-state index in [1.165, 1.54) is 18.4 Å². The molecule has 1 aromatic heterocycles. The van der Waals surface area contributed by atoms with Crippen LogP contribution in [0.15, 0.2) is 53.9 Å². The van der Waals surface area contributed by atoms with Crippen molar-refractivity contribution in [2.75, 3.05) is 12.4 Å². The second kappa shape index (κ2) is 9.80. The highest BCUT2D eigenvalue weighted by Crippen LogP contribution is 2.17. The summed E-state index contributed by atoms with van der Waals surface area (Å²) in [5, 5.41) is 8.06. The van der Waals surface area contributed by atoms with E-state index in [4.69, 9.17) is 4.74 Å². The second-order valence-electron chi connectivity index (χ2n) is 6.56. The van der Waals surface area contributed by atoms with Gasteiger partial charge in [0.25, 0.3) is 5.91 Å². The van der Waals surface area contributed by atoms with Crippen LogP contribution in [0, 0.1) is 6.92 Å². The van der Waals surface area contributed by atoms with E-state index < -0.39 is 5.97 Å². The maximum atomic E-state index is 12.4. The van der Waals surface area contributed by atoms with Crippen molar-refractivity contribution >= 4 is 34.8 Å². The number of methoxy groups -OCH3 is 1. The number of esters is 1. The summed E-state index contributed by atoms with van der Waals surface area (Å²) >= 11 is 1.39. The van der Waals surface area contributed by atoms with Gasteiger partial charge in [0, 0.05) is 17.6 Å². The molecule has 2 aromatic carbocycles. The van der Waals surface area contributed by atoms with Crippen LogP contribution in [0.1, 0.15) is 37.0 Å². The third kappa shape index (κ3) is 5.74. The standard InChI is InChI=1S/C22H21N3O4S/c1-14-24-19(13-30-14)21(27)23-12-16-8-17(22(28)29-2)11-18(9-16)25-20(26)10-15-6-4-3-5-7-15/h3-9,11,13H,10,12H2,1-2H3,(H,23,27)(H,25,26). The van der Waals surface area contributed by atoms with E-state index in [0.717, 1.165) is 10.6 Å². The number of hydrogen-bond donors (Lipinski definition) is 2. The summed E-state index contributed by atoms with van der Waals surface area (Å²) in [6, 6.07) is 14.2. The Morgan fingerprint density at radius 1 is 1.07 bits per heavy atom. The van der Waals surface area contributed by atoms with Crippen LogP contribution in [0.3, 0.4) is 0 Å². The molecular weight excluding hydrogens is 402 g/mol. The summed E-state index contributed by atoms with van der Waals surface area (Å²) in [4.78, 5) is 40.8. The average Bonchev–Trinajstić information content (AvgIpc) is 3.18. The monoisotopic (exact) mass is 423 g/mol. The van der Waals surface area contributed by atoms with Gasteiger partial charge in [-0.05, 0) is 36.2 Å². The number of benzene rings is 2. The summed E-state index contributed by atoms with van der Waals surface area (Å²) in [5.74, 6) is -1.05. The fourth-order valence-electron chi connectivity index (χ4n) is 2.83. The van der Waals surface area contributed by atoms with Crippen molar-refractivity contribution in [3.8, 4) is 0 Å². The molecule has 154 valence electrons. The van der Waals surface area contributed by atoms with E-state index in [1.807, 2.05) is 37.3 Å². The number of nitrogens with zero attached hydrogens (tertiary/aromatic N) is 1. The predicted molar refractivity (Wildman–Crippen MR) is 115 cm³/mol. The molecule has 30 heavy (non-hydrogen) atoms. The molecule has 0 aliphatic carbocycles. The molecule has 0 aliphatic heterocycles. The fraction of sp³-hybridized carbons (Fsp3) is 0.182. The van der Waals surface area contributed by atoms with Crippen molar-refractivity contribution in [3.63, 3.8) is 0 Å². The number of carbonyl (C=O) groups is 3. The lowest BCUT2D eigenvalue weighted by atomic mass is 10.1. The Kier molecular flexibility index (Phi) is 6.92. The Morgan fingerprint density at radius 3 is 2.50 bits per heavy atom. The van der Waals surface area contributed by atoms with Crippen LogP contribution >= 0.6 is 11.3 Å². The van der Waals surface area contributed by atoms with Gasteiger partial charge in [0.05, 0.1) is 24.1 Å². The number of carbonyl (C=O) groups excluding carboxylic acids is 3. The molecule has 2 N–H and O–H groups in total. The first-order valence-corrected chi connectivity index (χ1v) is 10.1. The molecule has 0 bridgehead atoms. The van der Waals surface area contributed by atoms with E-state index >= 15 is 0 Å². The molecular formula is C22H21N3O4S. The molecule has 1 heterocycles. The van der Waals surface area contributed by atoms with Crippen LogP contribution in [-0.2, 0) is 22.5 Å². The molecule has 0 aliphatic rings. The van der Waals surface area contributed by atoms with Gasteiger partial charge in [0.15, 0.2) is 0 Å². The highest BCUT2D eigenvalue weighted by atomic mass is 32.1. The van der Waals surface area contributed by atoms with E-state index in [-0.39, 0.29) is 30.3 Å². The first-order chi connectivity index (χ1) is 14.4. The van der Waals surface area contributed by atoms with Crippen LogP contribution < -0.4 is 10.6 Å². The third-order valence-electron chi connectivity index (χ3n) is 4.21. The van der Waals surface area contributed by atoms with Crippen molar-refractivity contribution in [1.29, 1.82) is 0 Å². The molecule has 0 saturated heterocycles. The Hall–Kier alpha value is -3.52. The number of ether oxygens (including phenoxy) is 1. The highest BCUT2D eigenvalue weighted by Gasteiger charge is 2.13. The zero-order valence-electron chi connectivity index (χ0n) is 16.6. The minimum absolute atomic E-state index is 0.168. The molecule has 0 fully saturated rings. The molecule has 0 unspecified atom stereocenters. The van der Waals surface area contributed by atoms with Gasteiger partial charge in [0.2, 0.25) is 5.91 Å². The Bertz CT molecular complexity index is 1060. The molecule has 0 radical (unpaired) electrons. The van der Waals surface area contributed by atoms with Gasteiger partial charge in [-0.3, -0.25) is 9.59 Å². The number of aromatic nitrogens is 1. The number of anilines is 1. The van der Waals surface area contributed by atoms with Gasteiger partial charge < -0.3 is 15.4 Å². The Labute approximate surface area is 178 Å². The van der Waals surface area contributed by atoms with Gasteiger partial charge in [-0.2, -0.15) is 0 Å². The number of hydrogen-bond acceptors (Lipinski definition) is 6. The largest absolute Gasteiger partial charge is 0.465 e. The summed E-state index contributed by atoms with van der Waals surface area (Å²) in [6.45, 7) is 1.99. The molecule has 0 saturated carbocycles. The van der Waals surface area contributed by atoms with Gasteiger partial charge in [0.1, 0.15) is 5.69 Å². The average molecular weight is 423 g/mol. The summed E-state index contributed by atoms with van der Waals surface area (Å²) < 4.78 is 4.80. The molecule has 7 nitrogen and oxygen atoms in total. The smallest absolute Gasteiger partial charge is 0.337 e. The van der Waals surface area contributed by atoms with E-state index in [9.17, 15) is 14.4 Å². The van der Waals surface area contributed by atoms with Gasteiger partial charge in [-0.15, -0.1) is 11.3 Å². The summed E-state index contributed by atoms with van der Waals surface area (Å²) in [6.07, 6.45) is 0.207. The van der Waals surface area contributed by atoms with Crippen molar-refractivity contribution in [3.05, 3.63) is 81.3 Å². The topological polar surface area (TPSA) is 97.4 Å². The summed E-state index contributed by atoms with van der Waals surface area (Å²) in [7, 11) is 1.29. The summed E-state index contributed by atoms with van der Waals surface area (Å²) in [5.41, 5.74) is 2.60. The zero-order chi connectivity index (χ0) is 21.5. The van der Waals surface area contributed by atoms with Crippen LogP contribution in [-0.4, -0.2) is 29.9 Å². The maximum absolute atomic E-state index is 12.4. The van der Waals surface area contributed by atoms with Crippen molar-refractivity contribution in [2.45, 2.75) is 19.9 Å². The van der Waals surface area contributed by atoms with Crippen LogP contribution in [0.4, 0.5) is 5.69 Å². The van der Waals surface area contributed by atoms with E-state index in [0.29, 0.717) is 16.9 Å². The van der Waals surface area contributed by atoms with E-state index in [1.54, 1.807) is 23.6 Å². The quantitative estimate of drug-likeness (QED) is 0.568. The van der Waals surface area contributed by atoms with Crippen LogP contribution in [0.5, 0.6) is 0 Å². The predicted octanol–water partition coefficient (Wildman–Crippen LogP) is 3.35. The Balaban J connectivity index is 1.73. The molecule has 3 aromatic rings. The van der Waals surface area contributed by atoms with Crippen molar-refractivity contribution in [1.82, 2.24) is 10.3 Å². The minimum atomic E-state index is -0.531. The van der Waals surface area contributed by atoms with Crippen LogP contribution in [0.25, 0.3) is 0 Å². The van der Waals surface area contributed by atoms with Gasteiger partial charge >= 0.3 is 5.97 Å². The molecule has 0 spiro atoms. The number of amides is 2.